The molecule has 0 unspecified atom stereocenters. The van der Waals surface area contributed by atoms with Gasteiger partial charge in [0.2, 0.25) is 6.10 Å². The van der Waals surface area contributed by atoms with E-state index in [0.717, 1.165) is 24.3 Å². The zero-order chi connectivity index (χ0) is 16.9. The van der Waals surface area contributed by atoms with Crippen LogP contribution in [0.4, 0.5) is 0 Å². The molecule has 0 saturated carbocycles. The second-order valence-electron chi connectivity index (χ2n) is 4.06. The summed E-state index contributed by atoms with van der Waals surface area (Å²) < 4.78 is 4.34. The second kappa shape index (κ2) is 7.09. The monoisotopic (exact) mass is 312 g/mol. The maximum atomic E-state index is 11.4. The van der Waals surface area contributed by atoms with E-state index in [4.69, 9.17) is 20.4 Å². The van der Waals surface area contributed by atoms with E-state index in [0.29, 0.717) is 0 Å². The van der Waals surface area contributed by atoms with Crippen LogP contribution in [0.15, 0.2) is 24.3 Å². The normalized spacial score (nSPS) is 13.5. The molecular formula is C13H12O9. The zero-order valence-electron chi connectivity index (χ0n) is 10.9. The van der Waals surface area contributed by atoms with Crippen LogP contribution < -0.4 is 0 Å². The number of hydrogen-bond donors (Lipinski definition) is 5. The standard InChI is InChI=1S/C13H12O9/c14-7-3-1-6(5-8(7)15)2-4-9(16)22-11(13(20)21)10(17)12(18)19/h1-5,10-11,14-15,17H,(H,18,19)(H,20,21)/b4-2-/t10-,11+/m1/s1. The number of carbonyl (C=O) groups is 3. The molecule has 0 saturated heterocycles. The summed E-state index contributed by atoms with van der Waals surface area (Å²) in [6, 6.07) is 3.63. The lowest BCUT2D eigenvalue weighted by molar-refractivity contribution is -0.176. The second-order valence-corrected chi connectivity index (χ2v) is 4.06. The number of rotatable bonds is 6. The molecule has 0 aliphatic carbocycles. The van der Waals surface area contributed by atoms with Gasteiger partial charge in [0, 0.05) is 6.08 Å². The predicted octanol–water partition coefficient (Wildman–Crippen LogP) is -0.447. The van der Waals surface area contributed by atoms with Gasteiger partial charge in [-0.2, -0.15) is 0 Å². The highest BCUT2D eigenvalue weighted by molar-refractivity contribution is 5.91. The average Bonchev–Trinajstić information content (AvgIpc) is 2.44. The summed E-state index contributed by atoms with van der Waals surface area (Å²) in [6.07, 6.45) is -2.76. The fourth-order valence-electron chi connectivity index (χ4n) is 1.35. The fraction of sp³-hybridized carbons (Fsp3) is 0.154. The molecule has 1 aromatic carbocycles. The molecule has 0 fully saturated rings. The molecule has 9 heteroatoms. The molecule has 0 radical (unpaired) electrons. The van der Waals surface area contributed by atoms with Gasteiger partial charge in [-0.05, 0) is 23.8 Å². The number of aliphatic hydroxyl groups excluding tert-OH is 1. The van der Waals surface area contributed by atoms with Crippen molar-refractivity contribution in [1.82, 2.24) is 0 Å². The third-order valence-corrected chi connectivity index (χ3v) is 2.44. The van der Waals surface area contributed by atoms with Gasteiger partial charge in [0.1, 0.15) is 0 Å². The van der Waals surface area contributed by atoms with Crippen molar-refractivity contribution in [1.29, 1.82) is 0 Å². The molecule has 2 atom stereocenters. The smallest absolute Gasteiger partial charge is 0.348 e. The highest BCUT2D eigenvalue weighted by Gasteiger charge is 2.35. The van der Waals surface area contributed by atoms with Crippen LogP contribution in [-0.2, 0) is 19.1 Å². The van der Waals surface area contributed by atoms with Gasteiger partial charge < -0.3 is 30.3 Å². The summed E-state index contributed by atoms with van der Waals surface area (Å²) in [5.74, 6) is -5.68. The number of aromatic hydroxyl groups is 2. The molecule has 1 aromatic rings. The molecule has 0 bridgehead atoms. The van der Waals surface area contributed by atoms with Crippen molar-refractivity contribution in [2.24, 2.45) is 0 Å². The Hall–Kier alpha value is -3.07. The molecule has 118 valence electrons. The fourth-order valence-corrected chi connectivity index (χ4v) is 1.35. The number of ether oxygens (including phenoxy) is 1. The van der Waals surface area contributed by atoms with Gasteiger partial charge in [0.15, 0.2) is 17.6 Å². The molecule has 0 aliphatic heterocycles. The predicted molar refractivity (Wildman–Crippen MR) is 70.0 cm³/mol. The van der Waals surface area contributed by atoms with E-state index in [9.17, 15) is 19.5 Å². The van der Waals surface area contributed by atoms with Crippen molar-refractivity contribution in [3.8, 4) is 11.5 Å². The third-order valence-electron chi connectivity index (χ3n) is 2.44. The van der Waals surface area contributed by atoms with Crippen molar-refractivity contribution < 1.29 is 44.7 Å². The Balaban J connectivity index is 2.78. The Labute approximate surface area is 123 Å². The van der Waals surface area contributed by atoms with Gasteiger partial charge >= 0.3 is 17.9 Å². The number of carboxylic acids is 2. The number of aliphatic hydroxyl groups is 1. The lowest BCUT2D eigenvalue weighted by Crippen LogP contribution is -2.42. The summed E-state index contributed by atoms with van der Waals surface area (Å²) in [7, 11) is 0. The van der Waals surface area contributed by atoms with Crippen LogP contribution in [0.3, 0.4) is 0 Å². The third kappa shape index (κ3) is 4.49. The molecule has 1 rings (SSSR count). The molecule has 0 amide bonds. The van der Waals surface area contributed by atoms with Crippen molar-refractivity contribution in [3.63, 3.8) is 0 Å². The zero-order valence-corrected chi connectivity index (χ0v) is 10.9. The molecule has 9 nitrogen and oxygen atoms in total. The van der Waals surface area contributed by atoms with E-state index in [2.05, 4.69) is 4.74 Å². The maximum absolute atomic E-state index is 11.4. The SMILES string of the molecule is O=C(/C=C\c1ccc(O)c(O)c1)O[C@H](C(=O)O)[C@@H](O)C(=O)O. The Bertz CT molecular complexity index is 620. The van der Waals surface area contributed by atoms with E-state index in [1.165, 1.54) is 6.07 Å². The van der Waals surface area contributed by atoms with E-state index < -0.39 is 35.9 Å². The summed E-state index contributed by atoms with van der Waals surface area (Å²) in [5, 5.41) is 44.7. The summed E-state index contributed by atoms with van der Waals surface area (Å²) >= 11 is 0. The molecule has 0 heterocycles. The maximum Gasteiger partial charge on any atom is 0.348 e. The largest absolute Gasteiger partial charge is 0.504 e. The molecule has 0 aliphatic rings. The number of benzene rings is 1. The Morgan fingerprint density at radius 1 is 1.05 bits per heavy atom. The number of phenols is 2. The van der Waals surface area contributed by atoms with Crippen molar-refractivity contribution >= 4 is 24.0 Å². The van der Waals surface area contributed by atoms with Gasteiger partial charge in [-0.15, -0.1) is 0 Å². The van der Waals surface area contributed by atoms with Gasteiger partial charge in [-0.1, -0.05) is 6.07 Å². The van der Waals surface area contributed by atoms with E-state index in [1.807, 2.05) is 0 Å². The first kappa shape index (κ1) is 17.0. The first-order chi connectivity index (χ1) is 10.2. The van der Waals surface area contributed by atoms with E-state index >= 15 is 0 Å². The number of carboxylic acid groups (broad SMARTS) is 2. The van der Waals surface area contributed by atoms with Crippen LogP contribution >= 0.6 is 0 Å². The van der Waals surface area contributed by atoms with E-state index in [1.54, 1.807) is 0 Å². The minimum Gasteiger partial charge on any atom is -0.504 e. The van der Waals surface area contributed by atoms with Crippen LogP contribution in [0.5, 0.6) is 11.5 Å². The molecule has 5 N–H and O–H groups in total. The Morgan fingerprint density at radius 2 is 1.68 bits per heavy atom. The van der Waals surface area contributed by atoms with Crippen LogP contribution in [0, 0.1) is 0 Å². The van der Waals surface area contributed by atoms with Crippen LogP contribution in [0.25, 0.3) is 6.08 Å². The number of phenolic OH excluding ortho intramolecular Hbond substituents is 2. The lowest BCUT2D eigenvalue weighted by Gasteiger charge is -2.15. The summed E-state index contributed by atoms with van der Waals surface area (Å²) in [6.45, 7) is 0. The van der Waals surface area contributed by atoms with Crippen LogP contribution in [-0.4, -0.2) is 55.6 Å². The average molecular weight is 312 g/mol. The lowest BCUT2D eigenvalue weighted by atomic mass is 10.2. The summed E-state index contributed by atoms with van der Waals surface area (Å²) in [4.78, 5) is 32.7. The highest BCUT2D eigenvalue weighted by atomic mass is 16.6. The van der Waals surface area contributed by atoms with Crippen LogP contribution in [0.1, 0.15) is 5.56 Å². The molecule has 0 aromatic heterocycles. The first-order valence-corrected chi connectivity index (χ1v) is 5.76. The number of aliphatic carboxylic acids is 2. The van der Waals surface area contributed by atoms with Gasteiger partial charge in [-0.3, -0.25) is 0 Å². The summed E-state index contributed by atoms with van der Waals surface area (Å²) in [5.41, 5.74) is 0.290. The van der Waals surface area contributed by atoms with E-state index in [-0.39, 0.29) is 11.3 Å². The number of carbonyl (C=O) groups excluding carboxylic acids is 1. The van der Waals surface area contributed by atoms with Gasteiger partial charge in [-0.25, -0.2) is 14.4 Å². The molecule has 22 heavy (non-hydrogen) atoms. The number of hydrogen-bond acceptors (Lipinski definition) is 7. The van der Waals surface area contributed by atoms with Crippen molar-refractivity contribution in [2.75, 3.05) is 0 Å². The van der Waals surface area contributed by atoms with Gasteiger partial charge in [0.25, 0.3) is 0 Å². The van der Waals surface area contributed by atoms with Crippen molar-refractivity contribution in [3.05, 3.63) is 29.8 Å². The van der Waals surface area contributed by atoms with Crippen molar-refractivity contribution in [2.45, 2.75) is 12.2 Å². The van der Waals surface area contributed by atoms with Gasteiger partial charge in [0.05, 0.1) is 0 Å². The highest BCUT2D eigenvalue weighted by Crippen LogP contribution is 2.25. The molecular weight excluding hydrogens is 300 g/mol. The minimum absolute atomic E-state index is 0.290. The Morgan fingerprint density at radius 3 is 2.18 bits per heavy atom. The minimum atomic E-state index is -2.41. The van der Waals surface area contributed by atoms with Crippen LogP contribution in [0.2, 0.25) is 0 Å². The molecule has 0 spiro atoms. The first-order valence-electron chi connectivity index (χ1n) is 5.76. The number of esters is 1. The quantitative estimate of drug-likeness (QED) is 0.266. The Kier molecular flexibility index (Phi) is 5.47. The topological polar surface area (TPSA) is 162 Å².